The summed E-state index contributed by atoms with van der Waals surface area (Å²) in [5.74, 6) is -1.86. The van der Waals surface area contributed by atoms with Gasteiger partial charge in [-0.15, -0.1) is 0 Å². The fourth-order valence-corrected chi connectivity index (χ4v) is 4.29. The Morgan fingerprint density at radius 3 is 2.41 bits per heavy atom. The van der Waals surface area contributed by atoms with Crippen molar-refractivity contribution in [2.24, 2.45) is 0 Å². The summed E-state index contributed by atoms with van der Waals surface area (Å²) in [5.41, 5.74) is 0.478. The molecule has 1 aromatic carbocycles. The Balaban J connectivity index is 2.16. The summed E-state index contributed by atoms with van der Waals surface area (Å²) in [7, 11) is -0.549. The molecule has 0 spiro atoms. The minimum absolute atomic E-state index is 0.0331. The summed E-state index contributed by atoms with van der Waals surface area (Å²) in [4.78, 5) is 12.8. The number of amides is 1. The molecule has 0 aliphatic carbocycles. The molecule has 0 atom stereocenters. The molecule has 152 valence electrons. The normalized spacial score (nSPS) is 16.9. The SMILES string of the molecule is COc1ccc(CCNC(=O)C(F)(F)F)cc1S(=O)(=O)N1CCN(C)CC1. The standard InChI is InChI=1S/C16H22F3N3O4S/c1-21-7-9-22(10-8-21)27(24,25)14-11-12(3-4-13(14)26-2)5-6-20-15(23)16(17,18)19/h3-4,11H,5-10H2,1-2H3,(H,20,23). The number of alkyl halides is 3. The lowest BCUT2D eigenvalue weighted by Crippen LogP contribution is -2.47. The summed E-state index contributed by atoms with van der Waals surface area (Å²) in [5, 5.41) is 1.77. The van der Waals surface area contributed by atoms with Crippen molar-refractivity contribution in [1.29, 1.82) is 0 Å². The number of methoxy groups -OCH3 is 1. The van der Waals surface area contributed by atoms with Crippen LogP contribution >= 0.6 is 0 Å². The number of carbonyl (C=O) groups is 1. The maximum absolute atomic E-state index is 12.9. The highest BCUT2D eigenvalue weighted by molar-refractivity contribution is 7.89. The number of likely N-dealkylation sites (N-methyl/N-ethyl adjacent to an activating group) is 1. The van der Waals surface area contributed by atoms with E-state index >= 15 is 0 Å². The smallest absolute Gasteiger partial charge is 0.471 e. The van der Waals surface area contributed by atoms with Crippen LogP contribution in [0.1, 0.15) is 5.56 Å². The molecule has 0 radical (unpaired) electrons. The van der Waals surface area contributed by atoms with Crippen LogP contribution in [0.3, 0.4) is 0 Å². The molecule has 0 unspecified atom stereocenters. The molecule has 0 bridgehead atoms. The van der Waals surface area contributed by atoms with Gasteiger partial charge < -0.3 is 15.0 Å². The Kier molecular flexibility index (Phi) is 6.71. The van der Waals surface area contributed by atoms with Gasteiger partial charge in [0.25, 0.3) is 0 Å². The summed E-state index contributed by atoms with van der Waals surface area (Å²) < 4.78 is 69.0. The molecule has 11 heteroatoms. The summed E-state index contributed by atoms with van der Waals surface area (Å²) in [6, 6.07) is 4.40. The van der Waals surface area contributed by atoms with Crippen LogP contribution in [0.5, 0.6) is 5.75 Å². The van der Waals surface area contributed by atoms with Crippen molar-refractivity contribution in [1.82, 2.24) is 14.5 Å². The molecule has 1 aromatic rings. The van der Waals surface area contributed by atoms with Crippen molar-refractivity contribution < 1.29 is 31.1 Å². The van der Waals surface area contributed by atoms with Gasteiger partial charge in [-0.1, -0.05) is 6.07 Å². The summed E-state index contributed by atoms with van der Waals surface area (Å²) >= 11 is 0. The van der Waals surface area contributed by atoms with E-state index in [1.807, 2.05) is 11.9 Å². The number of hydrogen-bond donors (Lipinski definition) is 1. The number of benzene rings is 1. The van der Waals surface area contributed by atoms with Crippen LogP contribution in [0.25, 0.3) is 0 Å². The number of sulfonamides is 1. The van der Waals surface area contributed by atoms with E-state index in [0.29, 0.717) is 31.7 Å². The second kappa shape index (κ2) is 8.44. The van der Waals surface area contributed by atoms with Gasteiger partial charge in [-0.05, 0) is 31.2 Å². The van der Waals surface area contributed by atoms with E-state index < -0.39 is 22.1 Å². The Labute approximate surface area is 156 Å². The Bertz CT molecular complexity index is 776. The number of ether oxygens (including phenoxy) is 1. The molecule has 1 saturated heterocycles. The zero-order chi connectivity index (χ0) is 20.2. The average Bonchev–Trinajstić information content (AvgIpc) is 2.61. The van der Waals surface area contributed by atoms with Crippen molar-refractivity contribution in [2.75, 3.05) is 46.9 Å². The molecular weight excluding hydrogens is 387 g/mol. The molecule has 1 aliphatic rings. The molecule has 1 heterocycles. The third-order valence-electron chi connectivity index (χ3n) is 4.26. The molecule has 7 nitrogen and oxygen atoms in total. The van der Waals surface area contributed by atoms with Crippen LogP contribution in [-0.4, -0.2) is 76.6 Å². The molecule has 0 saturated carbocycles. The number of halogens is 3. The molecule has 1 N–H and O–H groups in total. The first kappa shape index (κ1) is 21.5. The fraction of sp³-hybridized carbons (Fsp3) is 0.562. The van der Waals surface area contributed by atoms with Crippen LogP contribution in [0.15, 0.2) is 23.1 Å². The minimum atomic E-state index is -4.95. The van der Waals surface area contributed by atoms with Gasteiger partial charge in [0, 0.05) is 32.7 Å². The molecule has 0 aromatic heterocycles. The first-order chi connectivity index (χ1) is 12.6. The van der Waals surface area contributed by atoms with Gasteiger partial charge in [-0.3, -0.25) is 4.79 Å². The number of hydrogen-bond acceptors (Lipinski definition) is 5. The summed E-state index contributed by atoms with van der Waals surface area (Å²) in [6.45, 7) is 1.62. The van der Waals surface area contributed by atoms with Gasteiger partial charge in [0.1, 0.15) is 10.6 Å². The lowest BCUT2D eigenvalue weighted by atomic mass is 10.1. The maximum atomic E-state index is 12.9. The van der Waals surface area contributed by atoms with Crippen molar-refractivity contribution in [3.05, 3.63) is 23.8 Å². The van der Waals surface area contributed by atoms with E-state index in [1.165, 1.54) is 23.5 Å². The quantitative estimate of drug-likeness (QED) is 0.754. The first-order valence-corrected chi connectivity index (χ1v) is 9.70. The lowest BCUT2D eigenvalue weighted by Gasteiger charge is -2.31. The van der Waals surface area contributed by atoms with Crippen molar-refractivity contribution >= 4 is 15.9 Å². The Morgan fingerprint density at radius 2 is 1.85 bits per heavy atom. The van der Waals surface area contributed by atoms with Gasteiger partial charge in [0.15, 0.2) is 0 Å². The van der Waals surface area contributed by atoms with E-state index in [4.69, 9.17) is 4.74 Å². The Hall–Kier alpha value is -1.85. The lowest BCUT2D eigenvalue weighted by molar-refractivity contribution is -0.173. The zero-order valence-corrected chi connectivity index (χ0v) is 15.9. The molecular formula is C16H22F3N3O4S. The van der Waals surface area contributed by atoms with Crippen molar-refractivity contribution in [3.8, 4) is 5.75 Å². The third kappa shape index (κ3) is 5.33. The van der Waals surface area contributed by atoms with Gasteiger partial charge in [0.2, 0.25) is 10.0 Å². The number of nitrogens with zero attached hydrogens (tertiary/aromatic N) is 2. The number of piperazine rings is 1. The van der Waals surface area contributed by atoms with Gasteiger partial charge >= 0.3 is 12.1 Å². The van der Waals surface area contributed by atoms with E-state index in [9.17, 15) is 26.4 Å². The van der Waals surface area contributed by atoms with Crippen LogP contribution < -0.4 is 10.1 Å². The second-order valence-corrected chi connectivity index (χ2v) is 8.10. The van der Waals surface area contributed by atoms with E-state index in [-0.39, 0.29) is 23.6 Å². The van der Waals surface area contributed by atoms with E-state index in [1.54, 1.807) is 11.4 Å². The second-order valence-electron chi connectivity index (χ2n) is 6.20. The van der Waals surface area contributed by atoms with Crippen LogP contribution in [0, 0.1) is 0 Å². The number of nitrogens with one attached hydrogen (secondary N) is 1. The highest BCUT2D eigenvalue weighted by atomic mass is 32.2. The van der Waals surface area contributed by atoms with Crippen LogP contribution in [-0.2, 0) is 21.2 Å². The fourth-order valence-electron chi connectivity index (χ4n) is 2.67. The van der Waals surface area contributed by atoms with Crippen molar-refractivity contribution in [2.45, 2.75) is 17.5 Å². The Morgan fingerprint density at radius 1 is 1.22 bits per heavy atom. The zero-order valence-electron chi connectivity index (χ0n) is 15.0. The predicted molar refractivity (Wildman–Crippen MR) is 92.0 cm³/mol. The maximum Gasteiger partial charge on any atom is 0.471 e. The highest BCUT2D eigenvalue weighted by Crippen LogP contribution is 2.28. The van der Waals surface area contributed by atoms with E-state index in [2.05, 4.69) is 0 Å². The average molecular weight is 409 g/mol. The van der Waals surface area contributed by atoms with Gasteiger partial charge in [0.05, 0.1) is 7.11 Å². The van der Waals surface area contributed by atoms with Gasteiger partial charge in [-0.25, -0.2) is 8.42 Å². The number of rotatable bonds is 6. The molecule has 2 rings (SSSR count). The van der Waals surface area contributed by atoms with Crippen molar-refractivity contribution in [3.63, 3.8) is 0 Å². The largest absolute Gasteiger partial charge is 0.495 e. The van der Waals surface area contributed by atoms with Gasteiger partial charge in [-0.2, -0.15) is 17.5 Å². The predicted octanol–water partition coefficient (Wildman–Crippen LogP) is 0.852. The monoisotopic (exact) mass is 409 g/mol. The molecule has 1 amide bonds. The molecule has 1 aliphatic heterocycles. The first-order valence-electron chi connectivity index (χ1n) is 8.26. The summed E-state index contributed by atoms with van der Waals surface area (Å²) in [6.07, 6.45) is -4.90. The number of carbonyl (C=O) groups excluding carboxylic acids is 1. The van der Waals surface area contributed by atoms with E-state index in [0.717, 1.165) is 0 Å². The third-order valence-corrected chi connectivity index (χ3v) is 6.18. The highest BCUT2D eigenvalue weighted by Gasteiger charge is 2.38. The molecule has 27 heavy (non-hydrogen) atoms. The van der Waals surface area contributed by atoms with Crippen LogP contribution in [0.4, 0.5) is 13.2 Å². The topological polar surface area (TPSA) is 78.9 Å². The minimum Gasteiger partial charge on any atom is -0.495 e. The van der Waals surface area contributed by atoms with Crippen LogP contribution in [0.2, 0.25) is 0 Å². The molecule has 1 fully saturated rings.